The zero-order chi connectivity index (χ0) is 17.4. The smallest absolute Gasteiger partial charge is 0.0904 e. The fraction of sp³-hybridized carbons (Fsp3) is 0.0400. The van der Waals surface area contributed by atoms with Crippen LogP contribution in [0.4, 0.5) is 0 Å². The Morgan fingerprint density at radius 2 is 1.23 bits per heavy atom. The van der Waals surface area contributed by atoms with Crippen molar-refractivity contribution in [3.05, 3.63) is 132 Å². The lowest BCUT2D eigenvalue weighted by molar-refractivity contribution is 0.403. The highest BCUT2D eigenvalue weighted by Crippen LogP contribution is 2.56. The van der Waals surface area contributed by atoms with Crippen LogP contribution in [0.5, 0.6) is 0 Å². The van der Waals surface area contributed by atoms with Crippen LogP contribution in [0.25, 0.3) is 11.1 Å². The van der Waals surface area contributed by atoms with Gasteiger partial charge in [-0.05, 0) is 45.5 Å². The van der Waals surface area contributed by atoms with E-state index < -0.39 is 0 Å². The first-order valence-corrected chi connectivity index (χ1v) is 8.86. The van der Waals surface area contributed by atoms with Crippen LogP contribution in [-0.4, -0.2) is 0 Å². The fourth-order valence-electron chi connectivity index (χ4n) is 4.36. The summed E-state index contributed by atoms with van der Waals surface area (Å²) in [6.07, 6.45) is 9.71. The van der Waals surface area contributed by atoms with Crippen molar-refractivity contribution in [2.75, 3.05) is 0 Å². The van der Waals surface area contributed by atoms with Gasteiger partial charge < -0.3 is 4.74 Å². The highest BCUT2D eigenvalue weighted by atomic mass is 16.5. The second kappa shape index (κ2) is 5.89. The summed E-state index contributed by atoms with van der Waals surface area (Å²) >= 11 is 0. The SMILES string of the molecule is C1=COC=CC(C2(c3ccccc3)c3ccccc3-c3ccccc32)=C1. The summed E-state index contributed by atoms with van der Waals surface area (Å²) in [4.78, 5) is 0. The van der Waals surface area contributed by atoms with E-state index in [4.69, 9.17) is 4.74 Å². The van der Waals surface area contributed by atoms with Gasteiger partial charge in [0.05, 0.1) is 17.9 Å². The van der Waals surface area contributed by atoms with Gasteiger partial charge in [0, 0.05) is 0 Å². The summed E-state index contributed by atoms with van der Waals surface area (Å²) in [5, 5.41) is 0. The van der Waals surface area contributed by atoms with Gasteiger partial charge in [-0.25, -0.2) is 0 Å². The topological polar surface area (TPSA) is 9.23 Å². The molecular weight excluding hydrogens is 316 g/mol. The summed E-state index contributed by atoms with van der Waals surface area (Å²) in [6.45, 7) is 0. The second-order valence-electron chi connectivity index (χ2n) is 6.60. The molecule has 5 rings (SSSR count). The summed E-state index contributed by atoms with van der Waals surface area (Å²) < 4.78 is 5.43. The average Bonchev–Trinajstić information content (AvgIpc) is 2.84. The molecular formula is C25H18O. The van der Waals surface area contributed by atoms with E-state index in [1.165, 1.54) is 33.4 Å². The molecule has 0 unspecified atom stereocenters. The Hall–Kier alpha value is -3.32. The van der Waals surface area contributed by atoms with Gasteiger partial charge >= 0.3 is 0 Å². The van der Waals surface area contributed by atoms with E-state index in [-0.39, 0.29) is 5.41 Å². The molecule has 0 N–H and O–H groups in total. The highest BCUT2D eigenvalue weighted by molar-refractivity contribution is 5.86. The molecule has 1 nitrogen and oxygen atoms in total. The van der Waals surface area contributed by atoms with Crippen molar-refractivity contribution >= 4 is 0 Å². The van der Waals surface area contributed by atoms with Crippen molar-refractivity contribution in [3.8, 4) is 11.1 Å². The molecule has 0 bridgehead atoms. The molecule has 0 amide bonds. The lowest BCUT2D eigenvalue weighted by Gasteiger charge is -2.34. The van der Waals surface area contributed by atoms with Gasteiger partial charge in [0.25, 0.3) is 0 Å². The third-order valence-electron chi connectivity index (χ3n) is 5.35. The van der Waals surface area contributed by atoms with Gasteiger partial charge in [-0.15, -0.1) is 0 Å². The summed E-state index contributed by atoms with van der Waals surface area (Å²) in [5.41, 5.74) is 7.37. The van der Waals surface area contributed by atoms with Gasteiger partial charge in [-0.3, -0.25) is 0 Å². The van der Waals surface area contributed by atoms with Crippen LogP contribution < -0.4 is 0 Å². The normalized spacial score (nSPS) is 16.2. The summed E-state index contributed by atoms with van der Waals surface area (Å²) in [6, 6.07) is 28.2. The van der Waals surface area contributed by atoms with Crippen molar-refractivity contribution in [1.29, 1.82) is 0 Å². The van der Waals surface area contributed by atoms with E-state index in [1.807, 2.05) is 6.08 Å². The highest BCUT2D eigenvalue weighted by Gasteiger charge is 2.46. The summed E-state index contributed by atoms with van der Waals surface area (Å²) in [5.74, 6) is 0. The van der Waals surface area contributed by atoms with E-state index in [2.05, 4.69) is 91.0 Å². The number of benzene rings is 3. The first-order valence-electron chi connectivity index (χ1n) is 8.86. The number of rotatable bonds is 2. The lowest BCUT2D eigenvalue weighted by atomic mass is 9.67. The molecule has 0 saturated carbocycles. The van der Waals surface area contributed by atoms with Gasteiger partial charge in [0.2, 0.25) is 0 Å². The molecule has 0 atom stereocenters. The lowest BCUT2D eigenvalue weighted by Crippen LogP contribution is -2.28. The molecule has 26 heavy (non-hydrogen) atoms. The number of fused-ring (bicyclic) bond motifs is 3. The molecule has 1 heteroatoms. The molecule has 0 aromatic heterocycles. The van der Waals surface area contributed by atoms with E-state index in [0.717, 1.165) is 0 Å². The maximum atomic E-state index is 5.43. The average molecular weight is 334 g/mol. The molecule has 124 valence electrons. The predicted octanol–water partition coefficient (Wildman–Crippen LogP) is 5.99. The van der Waals surface area contributed by atoms with Crippen LogP contribution in [0, 0.1) is 0 Å². The predicted molar refractivity (Wildman–Crippen MR) is 106 cm³/mol. The molecule has 0 spiro atoms. The van der Waals surface area contributed by atoms with Gasteiger partial charge in [-0.2, -0.15) is 0 Å². The molecule has 3 aromatic rings. The monoisotopic (exact) mass is 334 g/mol. The van der Waals surface area contributed by atoms with E-state index in [0.29, 0.717) is 0 Å². The first kappa shape index (κ1) is 15.0. The molecule has 2 aliphatic rings. The maximum absolute atomic E-state index is 5.43. The number of allylic oxidation sites excluding steroid dienone is 4. The minimum absolute atomic E-state index is 0.344. The third kappa shape index (κ3) is 1.98. The van der Waals surface area contributed by atoms with Crippen LogP contribution in [0.2, 0.25) is 0 Å². The Labute approximate surface area is 153 Å². The maximum Gasteiger partial charge on any atom is 0.0904 e. The van der Waals surface area contributed by atoms with E-state index >= 15 is 0 Å². The summed E-state index contributed by atoms with van der Waals surface area (Å²) in [7, 11) is 0. The van der Waals surface area contributed by atoms with Gasteiger partial charge in [-0.1, -0.05) is 84.9 Å². The zero-order valence-corrected chi connectivity index (χ0v) is 14.3. The number of hydrogen-bond donors (Lipinski definition) is 0. The van der Waals surface area contributed by atoms with E-state index in [9.17, 15) is 0 Å². The fourth-order valence-corrected chi connectivity index (χ4v) is 4.36. The zero-order valence-electron chi connectivity index (χ0n) is 14.3. The standard InChI is InChI=1S/C25H18O/c1-2-9-19(10-3-1)25(20-11-8-17-26-18-16-20)23-14-6-4-12-21(23)22-13-5-7-15-24(22)25/h1-18H. The molecule has 0 radical (unpaired) electrons. The Balaban J connectivity index is 1.95. The molecule has 1 aliphatic carbocycles. The third-order valence-corrected chi connectivity index (χ3v) is 5.35. The van der Waals surface area contributed by atoms with Crippen molar-refractivity contribution in [2.24, 2.45) is 0 Å². The minimum atomic E-state index is -0.344. The van der Waals surface area contributed by atoms with Crippen molar-refractivity contribution in [1.82, 2.24) is 0 Å². The Bertz CT molecular complexity index is 1010. The minimum Gasteiger partial charge on any atom is -0.473 e. The Kier molecular flexibility index (Phi) is 3.39. The largest absolute Gasteiger partial charge is 0.473 e. The Morgan fingerprint density at radius 1 is 0.615 bits per heavy atom. The van der Waals surface area contributed by atoms with Crippen LogP contribution >= 0.6 is 0 Å². The van der Waals surface area contributed by atoms with Gasteiger partial charge in [0.15, 0.2) is 0 Å². The molecule has 1 aliphatic heterocycles. The van der Waals surface area contributed by atoms with Crippen LogP contribution in [0.3, 0.4) is 0 Å². The van der Waals surface area contributed by atoms with Crippen LogP contribution in [-0.2, 0) is 10.2 Å². The van der Waals surface area contributed by atoms with Crippen LogP contribution in [0.15, 0.2) is 115 Å². The molecule has 0 saturated heterocycles. The van der Waals surface area contributed by atoms with Gasteiger partial charge in [0.1, 0.15) is 0 Å². The second-order valence-corrected chi connectivity index (χ2v) is 6.60. The number of hydrogen-bond acceptors (Lipinski definition) is 1. The molecule has 1 heterocycles. The quantitative estimate of drug-likeness (QED) is 0.560. The van der Waals surface area contributed by atoms with Crippen LogP contribution in [0.1, 0.15) is 16.7 Å². The Morgan fingerprint density at radius 3 is 1.92 bits per heavy atom. The van der Waals surface area contributed by atoms with Crippen molar-refractivity contribution in [3.63, 3.8) is 0 Å². The van der Waals surface area contributed by atoms with Crippen molar-refractivity contribution < 1.29 is 4.74 Å². The number of ether oxygens (including phenoxy) is 1. The van der Waals surface area contributed by atoms with Crippen molar-refractivity contribution in [2.45, 2.75) is 5.41 Å². The first-order chi connectivity index (χ1) is 12.9. The molecule has 0 fully saturated rings. The molecule has 3 aromatic carbocycles. The van der Waals surface area contributed by atoms with E-state index in [1.54, 1.807) is 12.5 Å².